The van der Waals surface area contributed by atoms with Crippen molar-refractivity contribution in [3.05, 3.63) is 29.8 Å². The molecule has 3 atom stereocenters. The molecule has 0 saturated heterocycles. The van der Waals surface area contributed by atoms with Crippen molar-refractivity contribution in [1.82, 2.24) is 5.32 Å². The Kier molecular flexibility index (Phi) is 9.25. The molecule has 4 nitrogen and oxygen atoms in total. The summed E-state index contributed by atoms with van der Waals surface area (Å²) in [5.74, 6) is -0.0363. The van der Waals surface area contributed by atoms with Gasteiger partial charge in [-0.3, -0.25) is 4.79 Å². The second-order valence-electron chi connectivity index (χ2n) is 6.23. The molecule has 7 heteroatoms. The number of alkyl halides is 1. The second kappa shape index (κ2) is 9.07. The number of hydrogen-bond donors (Lipinski definition) is 1. The summed E-state index contributed by atoms with van der Waals surface area (Å²) in [5.41, 5.74) is -1.76. The van der Waals surface area contributed by atoms with Crippen LogP contribution in [0.3, 0.4) is 0 Å². The molecule has 0 spiro atoms. The van der Waals surface area contributed by atoms with Gasteiger partial charge in [-0.05, 0) is 29.3 Å². The first-order valence-electron chi connectivity index (χ1n) is 6.68. The van der Waals surface area contributed by atoms with Crippen molar-refractivity contribution in [1.29, 1.82) is 0 Å². The largest absolute Gasteiger partial charge is 1.00 e. The number of carbonyl (C=O) groups excluding carboxylic acids is 1. The fourth-order valence-electron chi connectivity index (χ4n) is 1.55. The zero-order chi connectivity index (χ0) is 16.3. The summed E-state index contributed by atoms with van der Waals surface area (Å²) < 4.78 is 18.5. The van der Waals surface area contributed by atoms with Gasteiger partial charge >= 0.3 is 51.4 Å². The first-order valence-corrected chi connectivity index (χ1v) is 7.26. The van der Waals surface area contributed by atoms with Crippen molar-refractivity contribution in [3.8, 4) is 5.75 Å². The molecule has 0 bridgehead atoms. The van der Waals surface area contributed by atoms with Crippen molar-refractivity contribution in [2.45, 2.75) is 45.9 Å². The average molecular weight is 353 g/mol. The smallest absolute Gasteiger partial charge is 0.836 e. The van der Waals surface area contributed by atoms with Crippen LogP contribution in [0.4, 0.5) is 4.39 Å². The van der Waals surface area contributed by atoms with Gasteiger partial charge in [0.2, 0.25) is 5.91 Å². The van der Waals surface area contributed by atoms with Crippen LogP contribution in [0.25, 0.3) is 0 Å². The number of benzene rings is 1. The maximum absolute atomic E-state index is 13.4. The fraction of sp³-hybridized carbons (Fsp3) is 0.533. The van der Waals surface area contributed by atoms with Crippen LogP contribution in [-0.2, 0) is 11.2 Å². The zero-order valence-electron chi connectivity index (χ0n) is 13.8. The van der Waals surface area contributed by atoms with Crippen molar-refractivity contribution in [3.63, 3.8) is 0 Å². The molecule has 0 radical (unpaired) electrons. The third kappa shape index (κ3) is 8.92. The molecular formula is C15H22FKNO3P. The van der Waals surface area contributed by atoms with E-state index in [9.17, 15) is 14.3 Å². The van der Waals surface area contributed by atoms with Gasteiger partial charge in [0.25, 0.3) is 5.60 Å². The molecule has 118 valence electrons. The predicted octanol–water partition coefficient (Wildman–Crippen LogP) is -1.02. The summed E-state index contributed by atoms with van der Waals surface area (Å²) in [7, 11) is 1.94. The van der Waals surface area contributed by atoms with Crippen LogP contribution in [0.1, 0.15) is 33.3 Å². The van der Waals surface area contributed by atoms with Crippen LogP contribution in [0.2, 0.25) is 0 Å². The third-order valence-corrected chi connectivity index (χ3v) is 2.78. The fourth-order valence-corrected chi connectivity index (χ4v) is 1.68. The van der Waals surface area contributed by atoms with Crippen LogP contribution in [0.5, 0.6) is 5.75 Å². The Hall–Kier alpha value is 0.446. The summed E-state index contributed by atoms with van der Waals surface area (Å²) >= 11 is 0. The number of hydrogen-bond acceptors (Lipinski definition) is 3. The molecule has 1 aromatic carbocycles. The monoisotopic (exact) mass is 353 g/mol. The van der Waals surface area contributed by atoms with Gasteiger partial charge in [0.05, 0.1) is 6.42 Å². The Labute approximate surface area is 176 Å². The van der Waals surface area contributed by atoms with E-state index in [1.807, 2.05) is 9.24 Å². The molecule has 0 fully saturated rings. The number of ether oxygens (including phenoxy) is 1. The normalized spacial score (nSPS) is 15.2. The van der Waals surface area contributed by atoms with E-state index in [0.29, 0.717) is 11.3 Å². The van der Waals surface area contributed by atoms with Crippen LogP contribution in [-0.4, -0.2) is 17.7 Å². The molecule has 1 aromatic rings. The first-order chi connectivity index (χ1) is 9.47. The van der Waals surface area contributed by atoms with Crippen LogP contribution in [0.15, 0.2) is 24.3 Å². The predicted molar refractivity (Wildman–Crippen MR) is 81.4 cm³/mol. The summed E-state index contributed by atoms with van der Waals surface area (Å²) in [4.78, 5) is 11.8. The average Bonchev–Trinajstić information content (AvgIpc) is 2.25. The molecular weight excluding hydrogens is 331 g/mol. The molecule has 3 unspecified atom stereocenters. The van der Waals surface area contributed by atoms with Crippen molar-refractivity contribution in [2.75, 3.05) is 0 Å². The van der Waals surface area contributed by atoms with Gasteiger partial charge < -0.3 is 15.2 Å². The van der Waals surface area contributed by atoms with E-state index < -0.39 is 17.2 Å². The Bertz CT molecular complexity index is 500. The number of halogens is 1. The third-order valence-electron chi connectivity index (χ3n) is 2.66. The van der Waals surface area contributed by atoms with E-state index in [0.717, 1.165) is 0 Å². The quantitative estimate of drug-likeness (QED) is 0.419. The molecule has 1 amide bonds. The molecule has 22 heavy (non-hydrogen) atoms. The van der Waals surface area contributed by atoms with E-state index in [1.165, 1.54) is 6.92 Å². The van der Waals surface area contributed by atoms with Crippen LogP contribution >= 0.6 is 9.24 Å². The maximum Gasteiger partial charge on any atom is 1.00 e. The van der Waals surface area contributed by atoms with E-state index >= 15 is 0 Å². The molecule has 1 rings (SSSR count). The molecule has 0 heterocycles. The summed E-state index contributed by atoms with van der Waals surface area (Å²) in [5, 5.41) is 14.2. The van der Waals surface area contributed by atoms with Crippen molar-refractivity contribution < 1.29 is 70.4 Å². The summed E-state index contributed by atoms with van der Waals surface area (Å²) in [6.07, 6.45) is -1.13. The van der Waals surface area contributed by atoms with Gasteiger partial charge in [-0.25, -0.2) is 0 Å². The molecule has 0 aromatic heterocycles. The molecule has 0 saturated carbocycles. The standard InChI is InChI=1S/C15H22FNO3P.K/c1-14(2,3)13(19)17-12(18)9-10-6-5-7-11(8-10)20-15(4,16)21;/h5-8,13H,9,21H2,1-4H3,(H,17,18);/q-1;+1. The number of nitrogens with one attached hydrogen (secondary N) is 1. The minimum absolute atomic E-state index is 0. The SMILES string of the molecule is CC(F)(P)Oc1cccc(CC(=O)NC([O-])C(C)(C)C)c1.[K+]. The number of carbonyl (C=O) groups is 1. The van der Waals surface area contributed by atoms with Crippen LogP contribution in [0, 0.1) is 5.41 Å². The Morgan fingerprint density at radius 2 is 2.00 bits per heavy atom. The van der Waals surface area contributed by atoms with Gasteiger partial charge in [0, 0.05) is 6.92 Å². The van der Waals surface area contributed by atoms with E-state index in [1.54, 1.807) is 45.0 Å². The molecule has 0 aliphatic heterocycles. The first kappa shape index (κ1) is 22.4. The number of amides is 1. The Morgan fingerprint density at radius 3 is 2.50 bits per heavy atom. The summed E-state index contributed by atoms with van der Waals surface area (Å²) in [6.45, 7) is 6.56. The molecule has 1 N–H and O–H groups in total. The van der Waals surface area contributed by atoms with Crippen molar-refractivity contribution in [2.24, 2.45) is 5.41 Å². The van der Waals surface area contributed by atoms with Gasteiger partial charge in [-0.15, -0.1) is 0 Å². The van der Waals surface area contributed by atoms with Crippen LogP contribution < -0.4 is 66.5 Å². The topological polar surface area (TPSA) is 61.4 Å². The number of rotatable bonds is 5. The van der Waals surface area contributed by atoms with E-state index in [-0.39, 0.29) is 63.7 Å². The van der Waals surface area contributed by atoms with Gasteiger partial charge in [0.15, 0.2) is 0 Å². The Balaban J connectivity index is 0.00000441. The van der Waals surface area contributed by atoms with Crippen molar-refractivity contribution >= 4 is 15.1 Å². The van der Waals surface area contributed by atoms with E-state index in [4.69, 9.17) is 4.74 Å². The minimum Gasteiger partial charge on any atom is -0.836 e. The summed E-state index contributed by atoms with van der Waals surface area (Å²) in [6, 6.07) is 6.59. The minimum atomic E-state index is -1.87. The van der Waals surface area contributed by atoms with Gasteiger partial charge in [-0.2, -0.15) is 4.39 Å². The zero-order valence-corrected chi connectivity index (χ0v) is 18.1. The van der Waals surface area contributed by atoms with Gasteiger partial charge in [0.1, 0.15) is 5.75 Å². The maximum atomic E-state index is 13.4. The van der Waals surface area contributed by atoms with Gasteiger partial charge in [-0.1, -0.05) is 42.1 Å². The molecule has 0 aliphatic rings. The molecule has 0 aliphatic carbocycles. The second-order valence-corrected chi connectivity index (χ2v) is 7.26. The van der Waals surface area contributed by atoms with E-state index in [2.05, 4.69) is 5.32 Å². The Morgan fingerprint density at radius 1 is 1.41 bits per heavy atom.